The molecule has 3 aliphatic rings. The second-order valence-corrected chi connectivity index (χ2v) is 11.4. The minimum atomic E-state index is -0.617. The van der Waals surface area contributed by atoms with Gasteiger partial charge in [0.1, 0.15) is 11.3 Å². The third kappa shape index (κ3) is 6.60. The number of fused-ring (bicyclic) bond motifs is 2. The third-order valence-electron chi connectivity index (χ3n) is 8.10. The molecule has 0 radical (unpaired) electrons. The van der Waals surface area contributed by atoms with Crippen molar-refractivity contribution < 1.29 is 28.4 Å². The van der Waals surface area contributed by atoms with Gasteiger partial charge in [-0.05, 0) is 68.5 Å². The Morgan fingerprint density at radius 2 is 1.71 bits per heavy atom. The number of amides is 3. The Morgan fingerprint density at radius 1 is 0.978 bits per heavy atom. The molecule has 0 atom stereocenters. The first kappa shape index (κ1) is 31.4. The average molecular weight is 611 g/mol. The van der Waals surface area contributed by atoms with Crippen LogP contribution in [0.2, 0.25) is 0 Å². The van der Waals surface area contributed by atoms with Gasteiger partial charge in [-0.1, -0.05) is 24.6 Å². The van der Waals surface area contributed by atoms with E-state index < -0.39 is 17.8 Å². The predicted molar refractivity (Wildman–Crippen MR) is 171 cm³/mol. The van der Waals surface area contributed by atoms with Crippen molar-refractivity contribution in [1.29, 1.82) is 0 Å². The van der Waals surface area contributed by atoms with E-state index >= 15 is 0 Å². The lowest BCUT2D eigenvalue weighted by molar-refractivity contribution is -0.197. The maximum Gasteiger partial charge on any atom is 0.333 e. The molecular weight excluding hydrogens is 572 g/mol. The Kier molecular flexibility index (Phi) is 9.32. The molecule has 45 heavy (non-hydrogen) atoms. The number of benzene rings is 3. The molecule has 0 bridgehead atoms. The molecular formula is C35H38N4O6. The summed E-state index contributed by atoms with van der Waals surface area (Å²) in [7, 11) is 1.77. The zero-order valence-electron chi connectivity index (χ0n) is 26.1. The summed E-state index contributed by atoms with van der Waals surface area (Å²) in [4.78, 5) is 60.5. The van der Waals surface area contributed by atoms with Gasteiger partial charge in [0, 0.05) is 79.3 Å². The Hall–Kier alpha value is -4.99. The Labute approximate surface area is 261 Å². The zero-order chi connectivity index (χ0) is 32.2. The van der Waals surface area contributed by atoms with Gasteiger partial charge in [0.05, 0.1) is 5.36 Å². The second kappa shape index (κ2) is 13.3. The van der Waals surface area contributed by atoms with E-state index in [9.17, 15) is 19.2 Å². The summed E-state index contributed by atoms with van der Waals surface area (Å²) in [5.74, 6) is -1.07. The fourth-order valence-corrected chi connectivity index (χ4v) is 5.63. The summed E-state index contributed by atoms with van der Waals surface area (Å²) in [6.07, 6.45) is 2.03. The van der Waals surface area contributed by atoms with Crippen LogP contribution in [0.5, 0.6) is 0 Å². The topological polar surface area (TPSA) is 136 Å². The van der Waals surface area contributed by atoms with Crippen LogP contribution < -0.4 is 11.1 Å². The van der Waals surface area contributed by atoms with Crippen molar-refractivity contribution in [3.63, 3.8) is 0 Å². The maximum atomic E-state index is 13.9. The lowest BCUT2D eigenvalue weighted by atomic mass is 9.89. The fraction of sp³-hybridized carbons (Fsp3) is 0.343. The molecule has 1 fully saturated rings. The molecule has 5 rings (SSSR count). The number of nitrogens with two attached hydrogens (primary N) is 1. The minimum Gasteiger partial charge on any atom is -0.456 e. The van der Waals surface area contributed by atoms with Gasteiger partial charge in [-0.3, -0.25) is 19.4 Å². The Balaban J connectivity index is 1.37. The van der Waals surface area contributed by atoms with E-state index in [1.54, 1.807) is 11.9 Å². The Bertz CT molecular complexity index is 1830. The van der Waals surface area contributed by atoms with Gasteiger partial charge in [0.25, 0.3) is 17.7 Å². The van der Waals surface area contributed by atoms with Crippen LogP contribution in [0.15, 0.2) is 57.9 Å². The number of aryl methyl sites for hydroxylation is 2. The number of carbonyl (C=O) groups excluding carboxylic acids is 4. The van der Waals surface area contributed by atoms with Crippen molar-refractivity contribution >= 4 is 40.3 Å². The van der Waals surface area contributed by atoms with Gasteiger partial charge < -0.3 is 19.9 Å². The molecule has 1 aliphatic carbocycles. The molecule has 10 nitrogen and oxygen atoms in total. The van der Waals surface area contributed by atoms with Gasteiger partial charge in [0.15, 0.2) is 0 Å². The largest absolute Gasteiger partial charge is 0.456 e. The molecule has 0 saturated carbocycles. The number of carbonyl (C=O) groups is 4. The second-order valence-electron chi connectivity index (χ2n) is 11.4. The fourth-order valence-electron chi connectivity index (χ4n) is 5.63. The van der Waals surface area contributed by atoms with E-state index in [0.717, 1.165) is 38.6 Å². The van der Waals surface area contributed by atoms with E-state index in [0.29, 0.717) is 60.0 Å². The number of hydrogen-bond acceptors (Lipinski definition) is 8. The van der Waals surface area contributed by atoms with Crippen LogP contribution in [0.25, 0.3) is 33.4 Å². The molecule has 2 aromatic rings. The van der Waals surface area contributed by atoms with Crippen molar-refractivity contribution in [2.24, 2.45) is 4.99 Å². The highest BCUT2D eigenvalue weighted by molar-refractivity contribution is 6.09. The van der Waals surface area contributed by atoms with Crippen LogP contribution in [-0.4, -0.2) is 53.8 Å². The standard InChI is InChI=1S/C35H38N4O6/c1-5-37-28-20-30-26(18-22(28)3)34(25-17-21(2)27(36)19-29(25)44-30)23-11-8-9-12-24(23)35(43)38(4)16-10-6-7-13-33(42)45-39-31(40)14-15-32(39)41/h8-9,11-12,17-20H,5-7,10,13-16,36H2,1-4H3. The number of unbranched alkanes of at least 4 members (excludes halogenated alkanes) is 2. The summed E-state index contributed by atoms with van der Waals surface area (Å²) < 4.78 is 6.37. The van der Waals surface area contributed by atoms with Crippen molar-refractivity contribution in [3.05, 3.63) is 70.6 Å². The molecule has 0 unspecified atom stereocenters. The number of hydrogen-bond donors (Lipinski definition) is 1. The zero-order valence-corrected chi connectivity index (χ0v) is 26.1. The SMILES string of the molecule is CCN=c1cc2oc3cc(N)c(C)cc3c(-c3ccccc3C(=O)N(C)CCCCCC(=O)ON3C(=O)CCC3=O)c-2cc1C. The van der Waals surface area contributed by atoms with Crippen molar-refractivity contribution in [3.8, 4) is 22.5 Å². The number of imide groups is 1. The van der Waals surface area contributed by atoms with Crippen LogP contribution in [0.3, 0.4) is 0 Å². The number of hydroxylamine groups is 2. The monoisotopic (exact) mass is 610 g/mol. The van der Waals surface area contributed by atoms with Crippen LogP contribution in [0.1, 0.15) is 66.9 Å². The quantitative estimate of drug-likeness (QED) is 0.107. The molecule has 234 valence electrons. The Morgan fingerprint density at radius 3 is 2.44 bits per heavy atom. The van der Waals surface area contributed by atoms with E-state index in [2.05, 4.69) is 11.1 Å². The molecule has 2 aliphatic heterocycles. The van der Waals surface area contributed by atoms with E-state index in [-0.39, 0.29) is 25.2 Å². The number of rotatable bonds is 10. The molecule has 0 spiro atoms. The third-order valence-corrected chi connectivity index (χ3v) is 8.10. The first-order valence-electron chi connectivity index (χ1n) is 15.3. The number of nitrogen functional groups attached to an aromatic ring is 1. The van der Waals surface area contributed by atoms with Gasteiger partial charge in [-0.15, -0.1) is 5.06 Å². The minimum absolute atomic E-state index is 0.0612. The van der Waals surface area contributed by atoms with Crippen LogP contribution in [-0.2, 0) is 19.2 Å². The van der Waals surface area contributed by atoms with Crippen LogP contribution >= 0.6 is 0 Å². The molecule has 0 aromatic heterocycles. The highest BCUT2D eigenvalue weighted by Gasteiger charge is 2.32. The van der Waals surface area contributed by atoms with E-state index in [1.165, 1.54) is 0 Å². The number of nitrogens with zero attached hydrogens (tertiary/aromatic N) is 3. The maximum absolute atomic E-state index is 13.9. The molecule has 3 amide bonds. The van der Waals surface area contributed by atoms with Gasteiger partial charge in [-0.2, -0.15) is 0 Å². The van der Waals surface area contributed by atoms with Crippen molar-refractivity contribution in [2.75, 3.05) is 25.9 Å². The lowest BCUT2D eigenvalue weighted by Crippen LogP contribution is -2.32. The molecule has 2 aromatic carbocycles. The van der Waals surface area contributed by atoms with Crippen molar-refractivity contribution in [2.45, 2.75) is 59.3 Å². The van der Waals surface area contributed by atoms with Gasteiger partial charge in [0.2, 0.25) is 0 Å². The van der Waals surface area contributed by atoms with Crippen LogP contribution in [0.4, 0.5) is 5.69 Å². The molecule has 10 heteroatoms. The van der Waals surface area contributed by atoms with Crippen LogP contribution in [0, 0.1) is 13.8 Å². The van der Waals surface area contributed by atoms with Gasteiger partial charge >= 0.3 is 5.97 Å². The summed E-state index contributed by atoms with van der Waals surface area (Å²) in [6, 6.07) is 15.4. The van der Waals surface area contributed by atoms with Gasteiger partial charge in [-0.25, -0.2) is 4.79 Å². The average Bonchev–Trinajstić information content (AvgIpc) is 3.33. The molecule has 2 N–H and O–H groups in total. The lowest BCUT2D eigenvalue weighted by Gasteiger charge is -2.22. The highest BCUT2D eigenvalue weighted by atomic mass is 16.7. The number of anilines is 1. The van der Waals surface area contributed by atoms with E-state index in [4.69, 9.17) is 15.0 Å². The molecule has 2 heterocycles. The predicted octanol–water partition coefficient (Wildman–Crippen LogP) is 5.56. The summed E-state index contributed by atoms with van der Waals surface area (Å²) in [5, 5.41) is 2.28. The normalized spacial score (nSPS) is 13.7. The smallest absolute Gasteiger partial charge is 0.333 e. The van der Waals surface area contributed by atoms with E-state index in [1.807, 2.05) is 63.2 Å². The summed E-state index contributed by atoms with van der Waals surface area (Å²) >= 11 is 0. The summed E-state index contributed by atoms with van der Waals surface area (Å²) in [5.41, 5.74) is 12.6. The first-order valence-corrected chi connectivity index (χ1v) is 15.3. The summed E-state index contributed by atoms with van der Waals surface area (Å²) in [6.45, 7) is 7.09. The highest BCUT2D eigenvalue weighted by Crippen LogP contribution is 2.42. The molecule has 1 saturated heterocycles. The van der Waals surface area contributed by atoms with Crippen molar-refractivity contribution in [1.82, 2.24) is 9.96 Å². The first-order chi connectivity index (χ1) is 21.6.